The summed E-state index contributed by atoms with van der Waals surface area (Å²) in [5, 5.41) is 8.76. The summed E-state index contributed by atoms with van der Waals surface area (Å²) >= 11 is 0. The molecule has 7 heteroatoms. The Bertz CT molecular complexity index is 1120. The van der Waals surface area contributed by atoms with Gasteiger partial charge in [-0.05, 0) is 37.6 Å². The van der Waals surface area contributed by atoms with Gasteiger partial charge in [-0.1, -0.05) is 18.2 Å². The molecular formula is C23H25N7. The summed E-state index contributed by atoms with van der Waals surface area (Å²) in [6.07, 6.45) is 14.2. The molecule has 7 nitrogen and oxygen atoms in total. The van der Waals surface area contributed by atoms with Crippen LogP contribution < -0.4 is 0 Å². The van der Waals surface area contributed by atoms with Gasteiger partial charge in [0.1, 0.15) is 0 Å². The molecule has 0 N–H and O–H groups in total. The number of aryl methyl sites for hydroxylation is 1. The van der Waals surface area contributed by atoms with Crippen molar-refractivity contribution in [1.82, 2.24) is 34.4 Å². The van der Waals surface area contributed by atoms with E-state index in [2.05, 4.69) is 43.4 Å². The quantitative estimate of drug-likeness (QED) is 0.496. The second-order valence-corrected chi connectivity index (χ2v) is 7.82. The predicted molar refractivity (Wildman–Crippen MR) is 117 cm³/mol. The van der Waals surface area contributed by atoms with Crippen molar-refractivity contribution in [2.24, 2.45) is 7.05 Å². The molecule has 0 aliphatic carbocycles. The Labute approximate surface area is 176 Å². The van der Waals surface area contributed by atoms with Gasteiger partial charge < -0.3 is 4.90 Å². The number of nitrogens with zero attached hydrogens (tertiary/aromatic N) is 7. The Kier molecular flexibility index (Phi) is 5.11. The number of hydrogen-bond donors (Lipinski definition) is 0. The fraction of sp³-hybridized carbons (Fsp3) is 0.304. The van der Waals surface area contributed by atoms with E-state index in [0.29, 0.717) is 5.82 Å². The number of aromatic nitrogens is 6. The lowest BCUT2D eigenvalue weighted by molar-refractivity contribution is 0.316. The fourth-order valence-electron chi connectivity index (χ4n) is 3.92. The Morgan fingerprint density at radius 1 is 0.767 bits per heavy atom. The fourth-order valence-corrected chi connectivity index (χ4v) is 3.92. The lowest BCUT2D eigenvalue weighted by Gasteiger charge is -2.13. The van der Waals surface area contributed by atoms with E-state index in [1.54, 1.807) is 4.68 Å². The van der Waals surface area contributed by atoms with E-state index >= 15 is 0 Å². The largest absolute Gasteiger partial charge is 0.301 e. The molecule has 30 heavy (non-hydrogen) atoms. The maximum Gasteiger partial charge on any atom is 0.159 e. The van der Waals surface area contributed by atoms with Gasteiger partial charge in [0.2, 0.25) is 0 Å². The monoisotopic (exact) mass is 399 g/mol. The van der Waals surface area contributed by atoms with Crippen molar-refractivity contribution in [3.8, 4) is 33.6 Å². The maximum atomic E-state index is 4.61. The molecule has 0 bridgehead atoms. The molecule has 4 aromatic rings. The number of hydrogen-bond acceptors (Lipinski definition) is 5. The highest BCUT2D eigenvalue weighted by Crippen LogP contribution is 2.25. The van der Waals surface area contributed by atoms with E-state index in [0.717, 1.165) is 40.9 Å². The van der Waals surface area contributed by atoms with Crippen LogP contribution in [0.2, 0.25) is 0 Å². The van der Waals surface area contributed by atoms with Crippen LogP contribution in [0.15, 0.2) is 61.4 Å². The van der Waals surface area contributed by atoms with Gasteiger partial charge in [-0.25, -0.2) is 9.97 Å². The van der Waals surface area contributed by atoms with Crippen LogP contribution in [0.3, 0.4) is 0 Å². The van der Waals surface area contributed by atoms with Crippen LogP contribution in [0, 0.1) is 0 Å². The van der Waals surface area contributed by atoms with Crippen LogP contribution >= 0.6 is 0 Å². The highest BCUT2D eigenvalue weighted by molar-refractivity contribution is 5.70. The lowest BCUT2D eigenvalue weighted by Crippen LogP contribution is -2.24. The normalized spacial score (nSPS) is 14.4. The van der Waals surface area contributed by atoms with E-state index in [1.807, 2.05) is 54.8 Å². The average Bonchev–Trinajstić information content (AvgIpc) is 3.55. The third-order valence-corrected chi connectivity index (χ3v) is 5.62. The van der Waals surface area contributed by atoms with Crippen LogP contribution in [0.1, 0.15) is 12.8 Å². The zero-order chi connectivity index (χ0) is 20.3. The summed E-state index contributed by atoms with van der Waals surface area (Å²) in [7, 11) is 1.92. The molecule has 0 atom stereocenters. The summed E-state index contributed by atoms with van der Waals surface area (Å²) in [4.78, 5) is 11.7. The number of benzene rings is 1. The van der Waals surface area contributed by atoms with E-state index in [9.17, 15) is 0 Å². The molecule has 0 amide bonds. The van der Waals surface area contributed by atoms with Gasteiger partial charge in [-0.15, -0.1) is 0 Å². The van der Waals surface area contributed by atoms with Crippen molar-refractivity contribution in [2.45, 2.75) is 19.4 Å². The number of likely N-dealkylation sites (tertiary alicyclic amines) is 1. The van der Waals surface area contributed by atoms with Gasteiger partial charge in [0, 0.05) is 60.6 Å². The minimum atomic E-state index is 0.714. The smallest absolute Gasteiger partial charge is 0.159 e. The van der Waals surface area contributed by atoms with Crippen molar-refractivity contribution < 1.29 is 0 Å². The van der Waals surface area contributed by atoms with E-state index in [-0.39, 0.29) is 0 Å². The molecule has 1 aliphatic rings. The van der Waals surface area contributed by atoms with Gasteiger partial charge in [0.25, 0.3) is 0 Å². The summed E-state index contributed by atoms with van der Waals surface area (Å²) in [6, 6.07) is 8.23. The highest BCUT2D eigenvalue weighted by Gasteiger charge is 2.12. The maximum absolute atomic E-state index is 4.61. The second-order valence-electron chi connectivity index (χ2n) is 7.82. The summed E-state index contributed by atoms with van der Waals surface area (Å²) < 4.78 is 3.82. The summed E-state index contributed by atoms with van der Waals surface area (Å²) in [5.41, 5.74) is 5.20. The third-order valence-electron chi connectivity index (χ3n) is 5.62. The van der Waals surface area contributed by atoms with Crippen LogP contribution in [-0.4, -0.2) is 54.1 Å². The van der Waals surface area contributed by atoms with Crippen molar-refractivity contribution in [3.63, 3.8) is 0 Å². The standard InChI is InChI=1S/C23H25N7/c1-28-16-21(14-26-28)18-5-4-6-19(11-18)23-24-12-20(13-25-23)22-15-27-30(17-22)10-9-29-7-2-3-8-29/h4-6,11-17H,2-3,7-10H2,1H3. The predicted octanol–water partition coefficient (Wildman–Crippen LogP) is 3.50. The molecule has 5 rings (SSSR count). The summed E-state index contributed by atoms with van der Waals surface area (Å²) in [5.74, 6) is 0.714. The molecule has 3 aromatic heterocycles. The molecule has 0 spiro atoms. The zero-order valence-electron chi connectivity index (χ0n) is 17.1. The molecule has 0 saturated carbocycles. The van der Waals surface area contributed by atoms with E-state index in [4.69, 9.17) is 0 Å². The molecule has 1 aliphatic heterocycles. The first-order valence-corrected chi connectivity index (χ1v) is 10.4. The Balaban J connectivity index is 1.30. The SMILES string of the molecule is Cn1cc(-c2cccc(-c3ncc(-c4cnn(CCN5CCCC5)c4)cn3)c2)cn1. The highest BCUT2D eigenvalue weighted by atomic mass is 15.3. The molecule has 0 unspecified atom stereocenters. The number of rotatable bonds is 6. The Morgan fingerprint density at radius 3 is 2.27 bits per heavy atom. The van der Waals surface area contributed by atoms with Gasteiger partial charge in [0.15, 0.2) is 5.82 Å². The lowest BCUT2D eigenvalue weighted by atomic mass is 10.1. The Morgan fingerprint density at radius 2 is 1.50 bits per heavy atom. The van der Waals surface area contributed by atoms with Crippen LogP contribution in [0.5, 0.6) is 0 Å². The first-order valence-electron chi connectivity index (χ1n) is 10.4. The molecule has 4 heterocycles. The molecular weight excluding hydrogens is 374 g/mol. The second kappa shape index (κ2) is 8.20. The van der Waals surface area contributed by atoms with Gasteiger partial charge in [-0.3, -0.25) is 9.36 Å². The molecule has 152 valence electrons. The van der Waals surface area contributed by atoms with Crippen LogP contribution in [0.4, 0.5) is 0 Å². The first kappa shape index (κ1) is 18.7. The molecule has 1 saturated heterocycles. The third kappa shape index (κ3) is 4.02. The van der Waals surface area contributed by atoms with Crippen molar-refractivity contribution in [3.05, 3.63) is 61.4 Å². The average molecular weight is 400 g/mol. The molecule has 1 fully saturated rings. The molecule has 1 aromatic carbocycles. The van der Waals surface area contributed by atoms with Gasteiger partial charge >= 0.3 is 0 Å². The molecule has 0 radical (unpaired) electrons. The Hall–Kier alpha value is -3.32. The minimum absolute atomic E-state index is 0.714. The van der Waals surface area contributed by atoms with Crippen molar-refractivity contribution in [2.75, 3.05) is 19.6 Å². The van der Waals surface area contributed by atoms with Crippen molar-refractivity contribution in [1.29, 1.82) is 0 Å². The zero-order valence-corrected chi connectivity index (χ0v) is 17.1. The first-order chi connectivity index (χ1) is 14.7. The summed E-state index contributed by atoms with van der Waals surface area (Å²) in [6.45, 7) is 4.40. The van der Waals surface area contributed by atoms with Gasteiger partial charge in [0.05, 0.1) is 18.9 Å². The van der Waals surface area contributed by atoms with E-state index < -0.39 is 0 Å². The van der Waals surface area contributed by atoms with Crippen LogP contribution in [0.25, 0.3) is 33.6 Å². The minimum Gasteiger partial charge on any atom is -0.301 e. The van der Waals surface area contributed by atoms with Crippen LogP contribution in [-0.2, 0) is 13.6 Å². The van der Waals surface area contributed by atoms with Gasteiger partial charge in [-0.2, -0.15) is 10.2 Å². The van der Waals surface area contributed by atoms with E-state index in [1.165, 1.54) is 25.9 Å². The van der Waals surface area contributed by atoms with Crippen molar-refractivity contribution >= 4 is 0 Å². The topological polar surface area (TPSA) is 64.7 Å².